The summed E-state index contributed by atoms with van der Waals surface area (Å²) in [7, 11) is 0. The molecule has 3 nitrogen and oxygen atoms in total. The number of benzene rings is 1. The molecule has 1 atom stereocenters. The third-order valence-corrected chi connectivity index (χ3v) is 4.01. The van der Waals surface area contributed by atoms with Crippen molar-refractivity contribution in [2.24, 2.45) is 5.92 Å². The molecule has 1 aromatic heterocycles. The lowest BCUT2D eigenvalue weighted by atomic mass is 10.0. The number of para-hydroxylation sites is 1. The summed E-state index contributed by atoms with van der Waals surface area (Å²) in [5.41, 5.74) is 2.21. The summed E-state index contributed by atoms with van der Waals surface area (Å²) in [5.74, 6) is 0.664. The van der Waals surface area contributed by atoms with Crippen molar-refractivity contribution >= 4 is 10.9 Å². The molecule has 0 unspecified atom stereocenters. The first-order valence-electron chi connectivity index (χ1n) is 6.92. The van der Waals surface area contributed by atoms with E-state index in [4.69, 9.17) is 4.74 Å². The van der Waals surface area contributed by atoms with E-state index in [9.17, 15) is 4.79 Å². The number of pyridine rings is 1. The minimum Gasteiger partial charge on any atom is -0.381 e. The number of hydrogen-bond acceptors (Lipinski definition) is 2. The van der Waals surface area contributed by atoms with Crippen LogP contribution in [-0.4, -0.2) is 17.8 Å². The molecule has 1 saturated heterocycles. The van der Waals surface area contributed by atoms with Crippen LogP contribution in [0.3, 0.4) is 0 Å². The monoisotopic (exact) mass is 257 g/mol. The van der Waals surface area contributed by atoms with Crippen LogP contribution in [0.4, 0.5) is 0 Å². The molecule has 100 valence electrons. The van der Waals surface area contributed by atoms with Gasteiger partial charge in [-0.3, -0.25) is 4.79 Å². The standard InChI is InChI=1S/C16H19NO2/c1-12-10-16(18)14-4-2-3-5-15(14)17(12)8-6-13-7-9-19-11-13/h2-5,10,13H,6-9,11H2,1H3/t13-/m1/s1. The summed E-state index contributed by atoms with van der Waals surface area (Å²) >= 11 is 0. The minimum absolute atomic E-state index is 0.119. The summed E-state index contributed by atoms with van der Waals surface area (Å²) in [6, 6.07) is 9.61. The number of fused-ring (bicyclic) bond motifs is 1. The lowest BCUT2D eigenvalue weighted by Crippen LogP contribution is -2.14. The van der Waals surface area contributed by atoms with Crippen LogP contribution < -0.4 is 5.43 Å². The van der Waals surface area contributed by atoms with E-state index in [1.165, 1.54) is 0 Å². The van der Waals surface area contributed by atoms with Crippen LogP contribution in [0.15, 0.2) is 35.1 Å². The molecule has 19 heavy (non-hydrogen) atoms. The summed E-state index contributed by atoms with van der Waals surface area (Å²) in [5, 5.41) is 0.816. The Labute approximate surface area is 112 Å². The van der Waals surface area contributed by atoms with Crippen molar-refractivity contribution < 1.29 is 4.74 Å². The molecule has 0 N–H and O–H groups in total. The van der Waals surface area contributed by atoms with Crippen molar-refractivity contribution in [1.82, 2.24) is 4.57 Å². The molecule has 0 spiro atoms. The van der Waals surface area contributed by atoms with Gasteiger partial charge in [-0.1, -0.05) is 12.1 Å². The molecule has 2 aromatic rings. The van der Waals surface area contributed by atoms with Crippen molar-refractivity contribution in [2.45, 2.75) is 26.3 Å². The summed E-state index contributed by atoms with van der Waals surface area (Å²) in [4.78, 5) is 12.0. The Kier molecular flexibility index (Phi) is 3.38. The van der Waals surface area contributed by atoms with Gasteiger partial charge in [0.2, 0.25) is 0 Å². The Morgan fingerprint density at radius 3 is 3.00 bits per heavy atom. The van der Waals surface area contributed by atoms with Crippen molar-refractivity contribution in [1.29, 1.82) is 0 Å². The van der Waals surface area contributed by atoms with E-state index in [1.54, 1.807) is 6.07 Å². The summed E-state index contributed by atoms with van der Waals surface area (Å²) in [6.07, 6.45) is 2.28. The second-order valence-electron chi connectivity index (χ2n) is 5.34. The van der Waals surface area contributed by atoms with E-state index >= 15 is 0 Å². The topological polar surface area (TPSA) is 31.2 Å². The molecular formula is C16H19NO2. The van der Waals surface area contributed by atoms with Crippen LogP contribution in [-0.2, 0) is 11.3 Å². The second kappa shape index (κ2) is 5.17. The van der Waals surface area contributed by atoms with Crippen LogP contribution in [0.1, 0.15) is 18.5 Å². The predicted molar refractivity (Wildman–Crippen MR) is 76.5 cm³/mol. The molecule has 1 aliphatic heterocycles. The predicted octanol–water partition coefficient (Wildman–Crippen LogP) is 2.74. The molecule has 0 saturated carbocycles. The van der Waals surface area contributed by atoms with Gasteiger partial charge in [-0.05, 0) is 37.8 Å². The first-order chi connectivity index (χ1) is 9.25. The quantitative estimate of drug-likeness (QED) is 0.846. The van der Waals surface area contributed by atoms with Crippen molar-refractivity contribution in [3.8, 4) is 0 Å². The van der Waals surface area contributed by atoms with Gasteiger partial charge in [-0.15, -0.1) is 0 Å². The molecule has 1 aromatic carbocycles. The Bertz CT molecular complexity index is 639. The lowest BCUT2D eigenvalue weighted by Gasteiger charge is -2.16. The maximum Gasteiger partial charge on any atom is 0.189 e. The van der Waals surface area contributed by atoms with Gasteiger partial charge in [-0.25, -0.2) is 0 Å². The molecule has 3 heteroatoms. The van der Waals surface area contributed by atoms with Crippen molar-refractivity contribution in [3.63, 3.8) is 0 Å². The molecule has 0 bridgehead atoms. The van der Waals surface area contributed by atoms with E-state index in [1.807, 2.05) is 31.2 Å². The van der Waals surface area contributed by atoms with Gasteiger partial charge in [0.25, 0.3) is 0 Å². The highest BCUT2D eigenvalue weighted by molar-refractivity contribution is 5.79. The molecule has 1 fully saturated rings. The first kappa shape index (κ1) is 12.4. The van der Waals surface area contributed by atoms with E-state index in [-0.39, 0.29) is 5.43 Å². The van der Waals surface area contributed by atoms with Crippen molar-refractivity contribution in [2.75, 3.05) is 13.2 Å². The molecule has 1 aliphatic rings. The fraction of sp³-hybridized carbons (Fsp3) is 0.438. The maximum absolute atomic E-state index is 12.0. The molecule has 3 rings (SSSR count). The number of ether oxygens (including phenoxy) is 1. The van der Waals surface area contributed by atoms with Gasteiger partial charge < -0.3 is 9.30 Å². The molecule has 0 aliphatic carbocycles. The Hall–Kier alpha value is -1.61. The Balaban J connectivity index is 1.95. The van der Waals surface area contributed by atoms with Gasteiger partial charge in [0.05, 0.1) is 5.52 Å². The minimum atomic E-state index is 0.119. The molecule has 2 heterocycles. The highest BCUT2D eigenvalue weighted by Gasteiger charge is 2.16. The average Bonchev–Trinajstić information content (AvgIpc) is 2.92. The SMILES string of the molecule is Cc1cc(=O)c2ccccc2n1CC[C@@H]1CCOC1. The van der Waals surface area contributed by atoms with Crippen LogP contribution in [0, 0.1) is 12.8 Å². The van der Waals surface area contributed by atoms with E-state index in [0.717, 1.165) is 49.2 Å². The van der Waals surface area contributed by atoms with Crippen LogP contribution >= 0.6 is 0 Å². The zero-order valence-corrected chi connectivity index (χ0v) is 11.3. The van der Waals surface area contributed by atoms with Crippen molar-refractivity contribution in [3.05, 3.63) is 46.2 Å². The zero-order chi connectivity index (χ0) is 13.2. The molecule has 0 radical (unpaired) electrons. The number of hydrogen-bond donors (Lipinski definition) is 0. The van der Waals surface area contributed by atoms with Gasteiger partial charge in [0.15, 0.2) is 5.43 Å². The number of rotatable bonds is 3. The zero-order valence-electron chi connectivity index (χ0n) is 11.3. The highest BCUT2D eigenvalue weighted by Crippen LogP contribution is 2.19. The van der Waals surface area contributed by atoms with E-state index in [2.05, 4.69) is 4.57 Å². The van der Waals surface area contributed by atoms with Crippen LogP contribution in [0.2, 0.25) is 0 Å². The molecular weight excluding hydrogens is 238 g/mol. The van der Waals surface area contributed by atoms with Gasteiger partial charge in [-0.2, -0.15) is 0 Å². The number of nitrogens with zero attached hydrogens (tertiary/aromatic N) is 1. The fourth-order valence-corrected chi connectivity index (χ4v) is 2.87. The number of aromatic nitrogens is 1. The Morgan fingerprint density at radius 2 is 2.21 bits per heavy atom. The van der Waals surface area contributed by atoms with Gasteiger partial charge >= 0.3 is 0 Å². The van der Waals surface area contributed by atoms with E-state index in [0.29, 0.717) is 5.92 Å². The second-order valence-corrected chi connectivity index (χ2v) is 5.34. The lowest BCUT2D eigenvalue weighted by molar-refractivity contribution is 0.183. The third-order valence-electron chi connectivity index (χ3n) is 4.01. The van der Waals surface area contributed by atoms with Gasteiger partial charge in [0, 0.05) is 36.9 Å². The van der Waals surface area contributed by atoms with Gasteiger partial charge in [0.1, 0.15) is 0 Å². The molecule has 0 amide bonds. The first-order valence-corrected chi connectivity index (χ1v) is 6.92. The Morgan fingerprint density at radius 1 is 1.37 bits per heavy atom. The highest BCUT2D eigenvalue weighted by atomic mass is 16.5. The normalized spacial score (nSPS) is 19.1. The number of aryl methyl sites for hydroxylation is 2. The van der Waals surface area contributed by atoms with E-state index < -0.39 is 0 Å². The third kappa shape index (κ3) is 2.43. The van der Waals surface area contributed by atoms with Crippen LogP contribution in [0.25, 0.3) is 10.9 Å². The largest absolute Gasteiger partial charge is 0.381 e. The average molecular weight is 257 g/mol. The smallest absolute Gasteiger partial charge is 0.189 e. The van der Waals surface area contributed by atoms with Crippen LogP contribution in [0.5, 0.6) is 0 Å². The summed E-state index contributed by atoms with van der Waals surface area (Å²) in [6.45, 7) is 4.76. The summed E-state index contributed by atoms with van der Waals surface area (Å²) < 4.78 is 7.68. The fourth-order valence-electron chi connectivity index (χ4n) is 2.87. The maximum atomic E-state index is 12.0.